The van der Waals surface area contributed by atoms with E-state index in [2.05, 4.69) is 10.3 Å². The van der Waals surface area contributed by atoms with Crippen LogP contribution in [0, 0.1) is 0 Å². The van der Waals surface area contributed by atoms with Gasteiger partial charge in [-0.25, -0.2) is 9.78 Å². The van der Waals surface area contributed by atoms with Crippen LogP contribution in [-0.4, -0.2) is 28.0 Å². The van der Waals surface area contributed by atoms with Crippen LogP contribution in [0.4, 0.5) is 0 Å². The average molecular weight is 228 g/mol. The Kier molecular flexibility index (Phi) is 3.79. The monoisotopic (exact) mass is 228 g/mol. The highest BCUT2D eigenvalue weighted by Crippen LogP contribution is 2.09. The molecule has 1 aromatic rings. The molecule has 0 bridgehead atoms. The van der Waals surface area contributed by atoms with Gasteiger partial charge in [0.25, 0.3) is 5.91 Å². The number of nitrogens with zero attached hydrogens (tertiary/aromatic N) is 1. The highest BCUT2D eigenvalue weighted by atomic mass is 32.1. The van der Waals surface area contributed by atoms with Gasteiger partial charge in [0.2, 0.25) is 0 Å². The highest BCUT2D eigenvalue weighted by Gasteiger charge is 2.15. The fourth-order valence-electron chi connectivity index (χ4n) is 0.864. The molecule has 0 saturated heterocycles. The van der Waals surface area contributed by atoms with Crippen LogP contribution in [0.5, 0.6) is 0 Å². The third-order valence-electron chi connectivity index (χ3n) is 1.91. The summed E-state index contributed by atoms with van der Waals surface area (Å²) < 4.78 is 0. The number of carboxylic acids is 1. The van der Waals surface area contributed by atoms with Gasteiger partial charge in [-0.05, 0) is 13.3 Å². The molecule has 0 aliphatic rings. The van der Waals surface area contributed by atoms with Gasteiger partial charge in [-0.1, -0.05) is 6.92 Å². The van der Waals surface area contributed by atoms with Crippen LogP contribution in [0.2, 0.25) is 0 Å². The Morgan fingerprint density at radius 2 is 2.33 bits per heavy atom. The number of nitrogens with one attached hydrogen (secondary N) is 1. The van der Waals surface area contributed by atoms with Crippen LogP contribution in [0.1, 0.15) is 40.6 Å². The normalized spacial score (nSPS) is 12.1. The molecule has 0 radical (unpaired) electrons. The van der Waals surface area contributed by atoms with Crippen molar-refractivity contribution in [2.75, 3.05) is 0 Å². The molecular weight excluding hydrogens is 216 g/mol. The van der Waals surface area contributed by atoms with Gasteiger partial charge in [-0.2, -0.15) is 0 Å². The van der Waals surface area contributed by atoms with Crippen LogP contribution in [0.3, 0.4) is 0 Å². The molecular formula is C9H12N2O3S. The maximum atomic E-state index is 11.5. The predicted octanol–water partition coefficient (Wildman–Crippen LogP) is 1.37. The quantitative estimate of drug-likeness (QED) is 0.815. The molecule has 6 heteroatoms. The standard InChI is InChI=1S/C9H12N2O3S/c1-3-5(2)10-7(12)8-11-6(4-15-8)9(13)14/h4-5H,3H2,1-2H3,(H,10,12)(H,13,14). The zero-order valence-corrected chi connectivity index (χ0v) is 9.30. The van der Waals surface area contributed by atoms with Gasteiger partial charge in [-0.15, -0.1) is 11.3 Å². The maximum Gasteiger partial charge on any atom is 0.355 e. The number of hydrogen-bond acceptors (Lipinski definition) is 4. The number of aromatic carboxylic acids is 1. The number of thiazole rings is 1. The van der Waals surface area contributed by atoms with E-state index in [1.54, 1.807) is 0 Å². The van der Waals surface area contributed by atoms with Gasteiger partial charge in [0, 0.05) is 11.4 Å². The minimum Gasteiger partial charge on any atom is -0.476 e. The lowest BCUT2D eigenvalue weighted by atomic mass is 10.2. The van der Waals surface area contributed by atoms with Crippen molar-refractivity contribution in [2.45, 2.75) is 26.3 Å². The Morgan fingerprint density at radius 1 is 1.67 bits per heavy atom. The van der Waals surface area contributed by atoms with E-state index in [-0.39, 0.29) is 22.7 Å². The van der Waals surface area contributed by atoms with E-state index in [4.69, 9.17) is 5.11 Å². The Morgan fingerprint density at radius 3 is 2.80 bits per heavy atom. The van der Waals surface area contributed by atoms with Crippen molar-refractivity contribution >= 4 is 23.2 Å². The minimum atomic E-state index is -1.12. The smallest absolute Gasteiger partial charge is 0.355 e. The van der Waals surface area contributed by atoms with E-state index >= 15 is 0 Å². The summed E-state index contributed by atoms with van der Waals surface area (Å²) in [6.07, 6.45) is 0.822. The van der Waals surface area contributed by atoms with Crippen molar-refractivity contribution in [3.63, 3.8) is 0 Å². The number of carbonyl (C=O) groups is 2. The summed E-state index contributed by atoms with van der Waals surface area (Å²) in [6.45, 7) is 3.83. The van der Waals surface area contributed by atoms with Crippen molar-refractivity contribution in [1.82, 2.24) is 10.3 Å². The number of hydrogen-bond donors (Lipinski definition) is 2. The Labute approximate surface area is 91.1 Å². The predicted molar refractivity (Wildman–Crippen MR) is 56.3 cm³/mol. The molecule has 1 amide bonds. The second-order valence-electron chi connectivity index (χ2n) is 3.13. The van der Waals surface area contributed by atoms with Crippen LogP contribution in [0.15, 0.2) is 5.38 Å². The summed E-state index contributed by atoms with van der Waals surface area (Å²) in [7, 11) is 0. The SMILES string of the molecule is CCC(C)NC(=O)c1nc(C(=O)O)cs1. The minimum absolute atomic E-state index is 0.0645. The van der Waals surface area contributed by atoms with Gasteiger partial charge in [0.05, 0.1) is 0 Å². The van der Waals surface area contributed by atoms with E-state index in [0.29, 0.717) is 0 Å². The summed E-state index contributed by atoms with van der Waals surface area (Å²) in [5, 5.41) is 12.9. The van der Waals surface area contributed by atoms with E-state index in [9.17, 15) is 9.59 Å². The molecule has 15 heavy (non-hydrogen) atoms. The van der Waals surface area contributed by atoms with Gasteiger partial charge >= 0.3 is 5.97 Å². The first kappa shape index (κ1) is 11.6. The van der Waals surface area contributed by atoms with Crippen molar-refractivity contribution < 1.29 is 14.7 Å². The fraction of sp³-hybridized carbons (Fsp3) is 0.444. The molecule has 0 aliphatic carbocycles. The molecule has 0 aromatic carbocycles. The van der Waals surface area contributed by atoms with Crippen molar-refractivity contribution in [1.29, 1.82) is 0 Å². The van der Waals surface area contributed by atoms with Crippen molar-refractivity contribution in [2.24, 2.45) is 0 Å². The van der Waals surface area contributed by atoms with Crippen molar-refractivity contribution in [3.05, 3.63) is 16.1 Å². The van der Waals surface area contributed by atoms with Crippen LogP contribution in [-0.2, 0) is 0 Å². The lowest BCUT2D eigenvalue weighted by Gasteiger charge is -2.08. The Hall–Kier alpha value is -1.43. The molecule has 1 atom stereocenters. The molecule has 82 valence electrons. The molecule has 1 unspecified atom stereocenters. The molecule has 0 spiro atoms. The van der Waals surface area contributed by atoms with Gasteiger partial charge in [0.1, 0.15) is 0 Å². The molecule has 5 nitrogen and oxygen atoms in total. The van der Waals surface area contributed by atoms with E-state index in [1.807, 2.05) is 13.8 Å². The average Bonchev–Trinajstić information content (AvgIpc) is 2.66. The van der Waals surface area contributed by atoms with Crippen LogP contribution < -0.4 is 5.32 Å². The second-order valence-corrected chi connectivity index (χ2v) is 3.98. The molecule has 0 aliphatic heterocycles. The van der Waals surface area contributed by atoms with Crippen LogP contribution in [0.25, 0.3) is 0 Å². The Bertz CT molecular complexity index is 375. The first-order chi connectivity index (χ1) is 7.04. The third-order valence-corrected chi connectivity index (χ3v) is 2.75. The van der Waals surface area contributed by atoms with E-state index < -0.39 is 5.97 Å². The van der Waals surface area contributed by atoms with E-state index in [1.165, 1.54) is 5.38 Å². The molecule has 1 heterocycles. The topological polar surface area (TPSA) is 79.3 Å². The van der Waals surface area contributed by atoms with Crippen molar-refractivity contribution in [3.8, 4) is 0 Å². The molecule has 1 rings (SSSR count). The fourth-order valence-corrected chi connectivity index (χ4v) is 1.56. The first-order valence-corrected chi connectivity index (χ1v) is 5.42. The van der Waals surface area contributed by atoms with Crippen LogP contribution >= 0.6 is 11.3 Å². The zero-order chi connectivity index (χ0) is 11.4. The number of amides is 1. The zero-order valence-electron chi connectivity index (χ0n) is 8.48. The first-order valence-electron chi connectivity index (χ1n) is 4.54. The molecule has 2 N–H and O–H groups in total. The lowest BCUT2D eigenvalue weighted by molar-refractivity contribution is 0.0691. The summed E-state index contributed by atoms with van der Waals surface area (Å²) in [4.78, 5) is 25.7. The number of carbonyl (C=O) groups excluding carboxylic acids is 1. The summed E-state index contributed by atoms with van der Waals surface area (Å²) >= 11 is 1.03. The molecule has 1 aromatic heterocycles. The lowest BCUT2D eigenvalue weighted by Crippen LogP contribution is -2.31. The second kappa shape index (κ2) is 4.88. The summed E-state index contributed by atoms with van der Waals surface area (Å²) in [5.41, 5.74) is -0.0886. The maximum absolute atomic E-state index is 11.5. The van der Waals surface area contributed by atoms with Gasteiger partial charge < -0.3 is 10.4 Å². The van der Waals surface area contributed by atoms with E-state index in [0.717, 1.165) is 17.8 Å². The third kappa shape index (κ3) is 3.02. The Balaban J connectivity index is 2.70. The molecule has 0 saturated carbocycles. The highest BCUT2D eigenvalue weighted by molar-refractivity contribution is 7.11. The van der Waals surface area contributed by atoms with Gasteiger partial charge in [0.15, 0.2) is 10.7 Å². The number of carboxylic acid groups (broad SMARTS) is 1. The largest absolute Gasteiger partial charge is 0.476 e. The summed E-state index contributed by atoms with van der Waals surface area (Å²) in [6, 6.07) is 0.0645. The van der Waals surface area contributed by atoms with Gasteiger partial charge in [-0.3, -0.25) is 4.79 Å². The summed E-state index contributed by atoms with van der Waals surface area (Å²) in [5.74, 6) is -1.43. The molecule has 0 fully saturated rings. The number of rotatable bonds is 4. The number of aromatic nitrogens is 1.